The number of hydrogen-bond donors (Lipinski definition) is 1. The molecule has 94 valence electrons. The van der Waals surface area contributed by atoms with Gasteiger partial charge in [-0.25, -0.2) is 0 Å². The van der Waals surface area contributed by atoms with Gasteiger partial charge in [0.05, 0.1) is 17.2 Å². The highest BCUT2D eigenvalue weighted by molar-refractivity contribution is 6.00. The van der Waals surface area contributed by atoms with Crippen LogP contribution in [0.1, 0.15) is 26.3 Å². The zero-order valence-corrected chi connectivity index (χ0v) is 10.9. The van der Waals surface area contributed by atoms with E-state index < -0.39 is 5.54 Å². The molecule has 0 bridgehead atoms. The Morgan fingerprint density at radius 1 is 1.39 bits per heavy atom. The molecular formula is C14H17N3O. The Labute approximate surface area is 107 Å². The van der Waals surface area contributed by atoms with E-state index in [1.807, 2.05) is 26.0 Å². The molecule has 1 saturated heterocycles. The van der Waals surface area contributed by atoms with Crippen LogP contribution in [0.25, 0.3) is 0 Å². The van der Waals surface area contributed by atoms with Crippen molar-refractivity contribution in [2.45, 2.75) is 32.4 Å². The zero-order chi connectivity index (χ0) is 13.3. The molecule has 1 aromatic carbocycles. The van der Waals surface area contributed by atoms with Gasteiger partial charge in [-0.15, -0.1) is 0 Å². The van der Waals surface area contributed by atoms with Gasteiger partial charge in [0.15, 0.2) is 0 Å². The summed E-state index contributed by atoms with van der Waals surface area (Å²) in [4.78, 5) is 14.1. The highest BCUT2D eigenvalue weighted by atomic mass is 16.2. The SMILES string of the molecule is CC1CN(c2ccc(C#N)cc2)C(=O)C(C)(C)N1. The molecule has 1 N–H and O–H groups in total. The second kappa shape index (κ2) is 4.43. The number of piperazine rings is 1. The van der Waals surface area contributed by atoms with Crippen LogP contribution in [0.15, 0.2) is 24.3 Å². The molecular weight excluding hydrogens is 226 g/mol. The molecule has 2 rings (SSSR count). The summed E-state index contributed by atoms with van der Waals surface area (Å²) in [5.41, 5.74) is 0.903. The number of anilines is 1. The van der Waals surface area contributed by atoms with Gasteiger partial charge in [0.1, 0.15) is 0 Å². The Morgan fingerprint density at radius 2 is 2.00 bits per heavy atom. The molecule has 18 heavy (non-hydrogen) atoms. The van der Waals surface area contributed by atoms with Crippen LogP contribution < -0.4 is 10.2 Å². The monoisotopic (exact) mass is 243 g/mol. The van der Waals surface area contributed by atoms with Gasteiger partial charge in [0, 0.05) is 18.3 Å². The van der Waals surface area contributed by atoms with Gasteiger partial charge in [-0.3, -0.25) is 10.1 Å². The van der Waals surface area contributed by atoms with E-state index in [2.05, 4.69) is 18.3 Å². The van der Waals surface area contributed by atoms with Crippen LogP contribution in [-0.4, -0.2) is 24.0 Å². The molecule has 1 aliphatic rings. The predicted molar refractivity (Wildman–Crippen MR) is 70.2 cm³/mol. The molecule has 0 radical (unpaired) electrons. The predicted octanol–water partition coefficient (Wildman–Crippen LogP) is 1.66. The number of nitrogens with zero attached hydrogens (tertiary/aromatic N) is 2. The average molecular weight is 243 g/mol. The van der Waals surface area contributed by atoms with Crippen LogP contribution in [0.5, 0.6) is 0 Å². The molecule has 0 aromatic heterocycles. The topological polar surface area (TPSA) is 56.1 Å². The molecule has 1 amide bonds. The summed E-state index contributed by atoms with van der Waals surface area (Å²) in [6.07, 6.45) is 0. The van der Waals surface area contributed by atoms with Crippen LogP contribution in [0.4, 0.5) is 5.69 Å². The Balaban J connectivity index is 2.31. The third-order valence-corrected chi connectivity index (χ3v) is 3.15. The maximum Gasteiger partial charge on any atom is 0.246 e. The van der Waals surface area contributed by atoms with E-state index in [4.69, 9.17) is 5.26 Å². The first-order chi connectivity index (χ1) is 8.44. The third kappa shape index (κ3) is 2.22. The molecule has 0 aliphatic carbocycles. The van der Waals surface area contributed by atoms with Gasteiger partial charge in [-0.1, -0.05) is 0 Å². The quantitative estimate of drug-likeness (QED) is 0.816. The van der Waals surface area contributed by atoms with E-state index in [1.54, 1.807) is 17.0 Å². The summed E-state index contributed by atoms with van der Waals surface area (Å²) >= 11 is 0. The summed E-state index contributed by atoms with van der Waals surface area (Å²) in [6.45, 7) is 6.49. The van der Waals surface area contributed by atoms with Crippen LogP contribution in [-0.2, 0) is 4.79 Å². The first-order valence-electron chi connectivity index (χ1n) is 6.04. The zero-order valence-electron chi connectivity index (χ0n) is 10.9. The van der Waals surface area contributed by atoms with E-state index in [9.17, 15) is 4.79 Å². The van der Waals surface area contributed by atoms with Gasteiger partial charge >= 0.3 is 0 Å². The van der Waals surface area contributed by atoms with Crippen molar-refractivity contribution in [1.29, 1.82) is 5.26 Å². The fourth-order valence-corrected chi connectivity index (χ4v) is 2.36. The highest BCUT2D eigenvalue weighted by Crippen LogP contribution is 2.23. The molecule has 4 heteroatoms. The number of carbonyl (C=O) groups is 1. The van der Waals surface area contributed by atoms with Crippen molar-refractivity contribution >= 4 is 11.6 Å². The first-order valence-corrected chi connectivity index (χ1v) is 6.04. The summed E-state index contributed by atoms with van der Waals surface area (Å²) in [7, 11) is 0. The van der Waals surface area contributed by atoms with E-state index in [-0.39, 0.29) is 11.9 Å². The maximum atomic E-state index is 12.3. The average Bonchev–Trinajstić information content (AvgIpc) is 2.33. The summed E-state index contributed by atoms with van der Waals surface area (Å²) in [5, 5.41) is 12.1. The van der Waals surface area contributed by atoms with Crippen molar-refractivity contribution < 1.29 is 4.79 Å². The Bertz CT molecular complexity index is 499. The summed E-state index contributed by atoms with van der Waals surface area (Å²) in [5.74, 6) is 0.0605. The molecule has 0 saturated carbocycles. The molecule has 1 aliphatic heterocycles. The van der Waals surface area contributed by atoms with Gasteiger partial charge < -0.3 is 4.90 Å². The Hall–Kier alpha value is -1.86. The second-order valence-corrected chi connectivity index (χ2v) is 5.24. The van der Waals surface area contributed by atoms with Gasteiger partial charge in [-0.05, 0) is 45.0 Å². The minimum atomic E-state index is -0.550. The molecule has 1 heterocycles. The molecule has 1 unspecified atom stereocenters. The standard InChI is InChI=1S/C14H17N3O/c1-10-9-17(13(18)14(2,3)16-10)12-6-4-11(8-15)5-7-12/h4-7,10,16H,9H2,1-3H3. The second-order valence-electron chi connectivity index (χ2n) is 5.24. The van der Waals surface area contributed by atoms with E-state index in [1.165, 1.54) is 0 Å². The van der Waals surface area contributed by atoms with E-state index in [0.29, 0.717) is 12.1 Å². The van der Waals surface area contributed by atoms with Crippen LogP contribution in [0.2, 0.25) is 0 Å². The molecule has 0 spiro atoms. The van der Waals surface area contributed by atoms with E-state index in [0.717, 1.165) is 5.69 Å². The lowest BCUT2D eigenvalue weighted by Crippen LogP contribution is -2.65. The summed E-state index contributed by atoms with van der Waals surface area (Å²) < 4.78 is 0. The van der Waals surface area contributed by atoms with Crippen molar-refractivity contribution in [3.63, 3.8) is 0 Å². The number of nitriles is 1. The fourth-order valence-electron chi connectivity index (χ4n) is 2.36. The number of nitrogens with one attached hydrogen (secondary N) is 1. The third-order valence-electron chi connectivity index (χ3n) is 3.15. The lowest BCUT2D eigenvalue weighted by Gasteiger charge is -2.41. The molecule has 1 fully saturated rings. The van der Waals surface area contributed by atoms with E-state index >= 15 is 0 Å². The first kappa shape index (κ1) is 12.6. The van der Waals surface area contributed by atoms with Gasteiger partial charge in [0.25, 0.3) is 0 Å². The Kier molecular flexibility index (Phi) is 3.10. The lowest BCUT2D eigenvalue weighted by atomic mass is 9.97. The highest BCUT2D eigenvalue weighted by Gasteiger charge is 2.38. The molecule has 4 nitrogen and oxygen atoms in total. The van der Waals surface area contributed by atoms with Crippen LogP contribution in [0, 0.1) is 11.3 Å². The maximum absolute atomic E-state index is 12.3. The van der Waals surface area contributed by atoms with Crippen molar-refractivity contribution in [1.82, 2.24) is 5.32 Å². The van der Waals surface area contributed by atoms with Gasteiger partial charge in [-0.2, -0.15) is 5.26 Å². The van der Waals surface area contributed by atoms with Crippen molar-refractivity contribution in [2.24, 2.45) is 0 Å². The van der Waals surface area contributed by atoms with Crippen LogP contribution >= 0.6 is 0 Å². The summed E-state index contributed by atoms with van der Waals surface area (Å²) in [6, 6.07) is 9.45. The van der Waals surface area contributed by atoms with Gasteiger partial charge in [0.2, 0.25) is 5.91 Å². The Morgan fingerprint density at radius 3 is 2.56 bits per heavy atom. The van der Waals surface area contributed by atoms with Crippen molar-refractivity contribution in [3.05, 3.63) is 29.8 Å². The normalized spacial score (nSPS) is 22.7. The number of benzene rings is 1. The largest absolute Gasteiger partial charge is 0.309 e. The molecule has 1 atom stereocenters. The minimum Gasteiger partial charge on any atom is -0.309 e. The smallest absolute Gasteiger partial charge is 0.246 e. The lowest BCUT2D eigenvalue weighted by molar-refractivity contribution is -0.125. The minimum absolute atomic E-state index is 0.0605. The number of rotatable bonds is 1. The van der Waals surface area contributed by atoms with Crippen LogP contribution in [0.3, 0.4) is 0 Å². The van der Waals surface area contributed by atoms with Crippen molar-refractivity contribution in [3.8, 4) is 6.07 Å². The number of hydrogen-bond acceptors (Lipinski definition) is 3. The number of amides is 1. The molecule has 1 aromatic rings. The van der Waals surface area contributed by atoms with Crippen molar-refractivity contribution in [2.75, 3.05) is 11.4 Å². The fraction of sp³-hybridized carbons (Fsp3) is 0.429. The number of carbonyl (C=O) groups excluding carboxylic acids is 1.